The molecule has 158 valence electrons. The van der Waals surface area contributed by atoms with Gasteiger partial charge in [-0.2, -0.15) is 4.99 Å². The van der Waals surface area contributed by atoms with Gasteiger partial charge in [-0.1, -0.05) is 43.7 Å². The summed E-state index contributed by atoms with van der Waals surface area (Å²) in [5.41, 5.74) is 3.02. The molecular weight excluding hydrogens is 416 g/mol. The van der Waals surface area contributed by atoms with Gasteiger partial charge in [-0.05, 0) is 72.4 Å². The molecule has 3 aromatic rings. The molecule has 0 N–H and O–H groups in total. The van der Waals surface area contributed by atoms with Crippen molar-refractivity contribution in [1.82, 2.24) is 0 Å². The summed E-state index contributed by atoms with van der Waals surface area (Å²) >= 11 is 4.44. The lowest BCUT2D eigenvalue weighted by Gasteiger charge is -2.08. The molecule has 0 aliphatic rings. The van der Waals surface area contributed by atoms with Crippen molar-refractivity contribution in [3.05, 3.63) is 94.6 Å². The number of isothiocyanates is 1. The van der Waals surface area contributed by atoms with Crippen LogP contribution in [-0.2, 0) is 19.3 Å². The Morgan fingerprint density at radius 2 is 1.55 bits per heavy atom. The summed E-state index contributed by atoms with van der Waals surface area (Å²) in [5.74, 6) is -2.36. The van der Waals surface area contributed by atoms with Gasteiger partial charge < -0.3 is 4.74 Å². The normalized spacial score (nSPS) is 10.4. The average Bonchev–Trinajstić information content (AvgIpc) is 2.75. The first-order valence-electron chi connectivity index (χ1n) is 9.96. The highest BCUT2D eigenvalue weighted by molar-refractivity contribution is 7.78. The third-order valence-corrected chi connectivity index (χ3v) is 4.90. The Labute approximate surface area is 185 Å². The number of thiocarbonyl (C=S) groups is 1. The number of benzene rings is 3. The van der Waals surface area contributed by atoms with Crippen LogP contribution in [0.4, 0.5) is 14.5 Å². The van der Waals surface area contributed by atoms with Gasteiger partial charge in [0.05, 0.1) is 10.7 Å². The van der Waals surface area contributed by atoms with Gasteiger partial charge in [-0.3, -0.25) is 0 Å². The number of carbonyl (C=O) groups excluding carboxylic acids is 1. The van der Waals surface area contributed by atoms with Crippen molar-refractivity contribution in [2.24, 2.45) is 4.99 Å². The van der Waals surface area contributed by atoms with Crippen LogP contribution < -0.4 is 4.74 Å². The fourth-order valence-corrected chi connectivity index (χ4v) is 3.28. The van der Waals surface area contributed by atoms with Crippen molar-refractivity contribution in [1.29, 1.82) is 0 Å². The lowest BCUT2D eigenvalue weighted by molar-refractivity contribution is 0.0729. The number of hydrogen-bond acceptors (Lipinski definition) is 4. The average molecular weight is 438 g/mol. The summed E-state index contributed by atoms with van der Waals surface area (Å²) in [5, 5.41) is 2.06. The lowest BCUT2D eigenvalue weighted by Crippen LogP contribution is -2.11. The number of nitrogens with zero attached hydrogens (tertiary/aromatic N) is 1. The van der Waals surface area contributed by atoms with Gasteiger partial charge >= 0.3 is 5.97 Å². The number of rotatable bonds is 8. The first-order valence-corrected chi connectivity index (χ1v) is 10.4. The highest BCUT2D eigenvalue weighted by Crippen LogP contribution is 2.24. The Morgan fingerprint density at radius 1 is 0.903 bits per heavy atom. The molecule has 3 aromatic carbocycles. The van der Waals surface area contributed by atoms with E-state index in [1.807, 2.05) is 0 Å². The molecule has 0 fully saturated rings. The molecule has 0 aliphatic carbocycles. The van der Waals surface area contributed by atoms with Crippen LogP contribution >= 0.6 is 12.2 Å². The summed E-state index contributed by atoms with van der Waals surface area (Å²) in [4.78, 5) is 15.8. The Bertz CT molecular complexity index is 1120. The van der Waals surface area contributed by atoms with Crippen molar-refractivity contribution in [3.8, 4) is 5.75 Å². The van der Waals surface area contributed by atoms with Crippen molar-refractivity contribution in [3.63, 3.8) is 0 Å². The Hall–Kier alpha value is -3.21. The van der Waals surface area contributed by atoms with Gasteiger partial charge in [-0.25, -0.2) is 13.6 Å². The fourth-order valence-electron chi connectivity index (χ4n) is 3.18. The van der Waals surface area contributed by atoms with Crippen LogP contribution in [0.2, 0.25) is 0 Å². The van der Waals surface area contributed by atoms with E-state index >= 15 is 0 Å². The monoisotopic (exact) mass is 437 g/mol. The van der Waals surface area contributed by atoms with Crippen LogP contribution in [0.1, 0.15) is 40.4 Å². The molecule has 3 rings (SSSR count). The van der Waals surface area contributed by atoms with E-state index in [-0.39, 0.29) is 17.0 Å². The van der Waals surface area contributed by atoms with Crippen LogP contribution in [0, 0.1) is 11.6 Å². The number of carbonyl (C=O) groups is 1. The number of halogens is 2. The summed E-state index contributed by atoms with van der Waals surface area (Å²) < 4.78 is 33.5. The molecule has 0 bridgehead atoms. The number of aryl methyl sites for hydroxylation is 3. The molecule has 6 heteroatoms. The summed E-state index contributed by atoms with van der Waals surface area (Å²) in [6.45, 7) is 2.15. The molecule has 0 atom stereocenters. The maximum Gasteiger partial charge on any atom is 0.346 e. The molecule has 0 radical (unpaired) electrons. The van der Waals surface area contributed by atoms with E-state index in [9.17, 15) is 13.6 Å². The first-order chi connectivity index (χ1) is 15.0. The molecular formula is C25H21F2NO2S. The zero-order valence-electron chi connectivity index (χ0n) is 17.0. The maximum absolute atomic E-state index is 14.5. The minimum atomic E-state index is -0.902. The predicted molar refractivity (Wildman–Crippen MR) is 120 cm³/mol. The van der Waals surface area contributed by atoms with E-state index in [0.29, 0.717) is 6.42 Å². The third kappa shape index (κ3) is 6.14. The van der Waals surface area contributed by atoms with Crippen LogP contribution in [-0.4, -0.2) is 11.1 Å². The minimum absolute atomic E-state index is 0.0228. The van der Waals surface area contributed by atoms with Crippen LogP contribution in [0.15, 0.2) is 65.7 Å². The van der Waals surface area contributed by atoms with Crippen molar-refractivity contribution >= 4 is 29.0 Å². The number of hydrogen-bond donors (Lipinski definition) is 0. The number of aliphatic imine (C=N–C) groups is 1. The van der Waals surface area contributed by atoms with E-state index in [1.165, 1.54) is 35.4 Å². The molecule has 0 saturated heterocycles. The zero-order valence-corrected chi connectivity index (χ0v) is 17.8. The highest BCUT2D eigenvalue weighted by Gasteiger charge is 2.16. The second-order valence-electron chi connectivity index (χ2n) is 7.09. The minimum Gasteiger partial charge on any atom is -0.423 e. The fraction of sp³-hybridized carbons (Fsp3) is 0.200. The van der Waals surface area contributed by atoms with E-state index < -0.39 is 17.6 Å². The zero-order chi connectivity index (χ0) is 22.2. The van der Waals surface area contributed by atoms with Crippen LogP contribution in [0.25, 0.3) is 0 Å². The number of esters is 1. The predicted octanol–water partition coefficient (Wildman–Crippen LogP) is 6.66. The largest absolute Gasteiger partial charge is 0.423 e. The quantitative estimate of drug-likeness (QED) is 0.171. The van der Waals surface area contributed by atoms with E-state index in [0.717, 1.165) is 30.9 Å². The third-order valence-electron chi connectivity index (χ3n) is 4.81. The van der Waals surface area contributed by atoms with E-state index in [4.69, 9.17) is 4.74 Å². The summed E-state index contributed by atoms with van der Waals surface area (Å²) in [7, 11) is 0. The molecule has 0 amide bonds. The highest BCUT2D eigenvalue weighted by atomic mass is 32.1. The van der Waals surface area contributed by atoms with Gasteiger partial charge in [0.1, 0.15) is 17.3 Å². The Morgan fingerprint density at radius 3 is 2.16 bits per heavy atom. The Kier molecular flexibility index (Phi) is 7.76. The van der Waals surface area contributed by atoms with Gasteiger partial charge in [0.25, 0.3) is 0 Å². The Balaban J connectivity index is 1.63. The molecule has 3 nitrogen and oxygen atoms in total. The second-order valence-corrected chi connectivity index (χ2v) is 7.27. The van der Waals surface area contributed by atoms with E-state index in [1.54, 1.807) is 6.07 Å². The SMILES string of the molecule is CCCc1ccc(CCc2ccc(C(=O)Oc3ccc(N=C=S)c(F)c3)c(F)c2)cc1. The number of ether oxygens (including phenoxy) is 1. The molecule has 0 spiro atoms. The second kappa shape index (κ2) is 10.7. The maximum atomic E-state index is 14.5. The molecule has 0 heterocycles. The molecule has 31 heavy (non-hydrogen) atoms. The molecule has 0 unspecified atom stereocenters. The smallest absolute Gasteiger partial charge is 0.346 e. The van der Waals surface area contributed by atoms with Gasteiger partial charge in [0.15, 0.2) is 5.82 Å². The van der Waals surface area contributed by atoms with E-state index in [2.05, 4.69) is 53.6 Å². The lowest BCUT2D eigenvalue weighted by atomic mass is 10.0. The van der Waals surface area contributed by atoms with Gasteiger partial charge in [-0.15, -0.1) is 0 Å². The topological polar surface area (TPSA) is 38.7 Å². The molecule has 0 aliphatic heterocycles. The van der Waals surface area contributed by atoms with Gasteiger partial charge in [0.2, 0.25) is 0 Å². The van der Waals surface area contributed by atoms with Gasteiger partial charge in [0, 0.05) is 6.07 Å². The van der Waals surface area contributed by atoms with Crippen molar-refractivity contribution < 1.29 is 18.3 Å². The standard InChI is InChI=1S/C25H21F2NO2S/c1-2-3-17-4-6-18(7-5-17)8-9-19-10-12-21(22(26)14-19)25(29)30-20-11-13-24(28-16-31)23(27)15-20/h4-7,10-15H,2-3,8-9H2,1H3. The van der Waals surface area contributed by atoms with Crippen LogP contribution in [0.3, 0.4) is 0 Å². The molecule has 0 aromatic heterocycles. The summed E-state index contributed by atoms with van der Waals surface area (Å²) in [6.07, 6.45) is 3.58. The first kappa shape index (κ1) is 22.5. The summed E-state index contributed by atoms with van der Waals surface area (Å²) in [6, 6.07) is 16.5. The van der Waals surface area contributed by atoms with Crippen LogP contribution in [0.5, 0.6) is 5.75 Å². The molecule has 0 saturated carbocycles. The van der Waals surface area contributed by atoms with Crippen molar-refractivity contribution in [2.75, 3.05) is 0 Å². The van der Waals surface area contributed by atoms with Crippen molar-refractivity contribution in [2.45, 2.75) is 32.6 Å².